The summed E-state index contributed by atoms with van der Waals surface area (Å²) in [6.45, 7) is 17.4. The molecule has 61 heavy (non-hydrogen) atoms. The molecule has 0 aliphatic carbocycles. The van der Waals surface area contributed by atoms with Crippen molar-refractivity contribution in [1.29, 1.82) is 0 Å². The number of aromatic hydroxyl groups is 1. The maximum absolute atomic E-state index is 13.6. The zero-order chi connectivity index (χ0) is 46.3. The first-order chi connectivity index (χ1) is 28.2. The molecule has 1 aliphatic rings. The van der Waals surface area contributed by atoms with Gasteiger partial charge in [-0.1, -0.05) is 25.5 Å². The molecule has 2 aromatic carbocycles. The fraction of sp³-hybridized carbons (Fsp3) is 0.558. The predicted octanol–water partition coefficient (Wildman–Crippen LogP) is 4.96. The van der Waals surface area contributed by atoms with E-state index < -0.39 is 71.8 Å². The van der Waals surface area contributed by atoms with Crippen molar-refractivity contribution in [3.8, 4) is 22.6 Å². The van der Waals surface area contributed by atoms with E-state index in [1.54, 1.807) is 53.7 Å². The Morgan fingerprint density at radius 2 is 1.46 bits per heavy atom. The van der Waals surface area contributed by atoms with Gasteiger partial charge in [0.2, 0.25) is 23.6 Å². The summed E-state index contributed by atoms with van der Waals surface area (Å²) >= 11 is 0. The Hall–Kier alpha value is -6.07. The zero-order valence-corrected chi connectivity index (χ0v) is 37.5. The van der Waals surface area contributed by atoms with Crippen LogP contribution in [0.2, 0.25) is 0 Å². The van der Waals surface area contributed by atoms with Gasteiger partial charge in [-0.25, -0.2) is 14.4 Å². The SMILES string of the molecule is CCCCNC(=O)OC(C)(C)C.CN(CC(=O)NCC(=O)N(C)C1C(=O)NCC(=O)NCCc2ccc(O)c(c2)-c2cc1ccc2OC(=O)OC(C)(C)C)C(=O)OC(C)(C)C. The zero-order valence-electron chi connectivity index (χ0n) is 37.5. The van der Waals surface area contributed by atoms with Crippen molar-refractivity contribution < 1.29 is 57.6 Å². The van der Waals surface area contributed by atoms with Crippen LogP contribution in [0.15, 0.2) is 36.4 Å². The van der Waals surface area contributed by atoms with Crippen LogP contribution in [0.1, 0.15) is 99.2 Å². The highest BCUT2D eigenvalue weighted by atomic mass is 16.7. The molecule has 0 aromatic heterocycles. The molecule has 2 aromatic rings. The molecular formula is C43H64N6O12. The van der Waals surface area contributed by atoms with Crippen molar-refractivity contribution in [2.24, 2.45) is 0 Å². The number of benzene rings is 2. The first kappa shape index (κ1) is 51.1. The lowest BCUT2D eigenvalue weighted by molar-refractivity contribution is -0.139. The van der Waals surface area contributed by atoms with Crippen LogP contribution in [0.25, 0.3) is 11.1 Å². The highest BCUT2D eigenvalue weighted by Crippen LogP contribution is 2.39. The van der Waals surface area contributed by atoms with E-state index in [9.17, 15) is 38.7 Å². The molecule has 0 spiro atoms. The van der Waals surface area contributed by atoms with Crippen LogP contribution >= 0.6 is 0 Å². The number of hydrogen-bond donors (Lipinski definition) is 5. The Balaban J connectivity index is 0.000000925. The van der Waals surface area contributed by atoms with Crippen LogP contribution < -0.4 is 26.0 Å². The number of carbonyl (C=O) groups is 7. The van der Waals surface area contributed by atoms with Crippen LogP contribution in [0.5, 0.6) is 11.5 Å². The highest BCUT2D eigenvalue weighted by molar-refractivity contribution is 5.93. The van der Waals surface area contributed by atoms with E-state index in [-0.39, 0.29) is 47.4 Å². The summed E-state index contributed by atoms with van der Waals surface area (Å²) in [7, 11) is 2.72. The van der Waals surface area contributed by atoms with Crippen molar-refractivity contribution in [1.82, 2.24) is 31.1 Å². The molecule has 1 unspecified atom stereocenters. The fourth-order valence-corrected chi connectivity index (χ4v) is 5.36. The molecule has 1 atom stereocenters. The van der Waals surface area contributed by atoms with E-state index in [0.717, 1.165) is 28.2 Å². The van der Waals surface area contributed by atoms with E-state index >= 15 is 0 Å². The summed E-state index contributed by atoms with van der Waals surface area (Å²) in [5, 5.41) is 21.3. The quantitative estimate of drug-likeness (QED) is 0.0976. The molecule has 0 radical (unpaired) electrons. The van der Waals surface area contributed by atoms with E-state index in [4.69, 9.17) is 18.9 Å². The number of carbonyl (C=O) groups excluding carboxylic acids is 7. The average molecular weight is 857 g/mol. The number of phenols is 1. The normalized spacial score (nSPS) is 14.3. The molecule has 338 valence electrons. The summed E-state index contributed by atoms with van der Waals surface area (Å²) in [6.07, 6.45) is 0.432. The number of phenolic OH excluding ortho intramolecular Hbond substituents is 1. The van der Waals surface area contributed by atoms with Gasteiger partial charge in [0.15, 0.2) is 0 Å². The van der Waals surface area contributed by atoms with Gasteiger partial charge in [0, 0.05) is 38.3 Å². The smallest absolute Gasteiger partial charge is 0.507 e. The molecular weight excluding hydrogens is 793 g/mol. The summed E-state index contributed by atoms with van der Waals surface area (Å²) in [4.78, 5) is 90.2. The van der Waals surface area contributed by atoms with Gasteiger partial charge in [-0.3, -0.25) is 19.2 Å². The van der Waals surface area contributed by atoms with E-state index in [1.165, 1.54) is 38.4 Å². The minimum atomic E-state index is -1.34. The van der Waals surface area contributed by atoms with Gasteiger partial charge >= 0.3 is 18.3 Å². The van der Waals surface area contributed by atoms with Crippen LogP contribution in [0.3, 0.4) is 0 Å². The molecule has 0 fully saturated rings. The number of fused-ring (bicyclic) bond motifs is 5. The van der Waals surface area contributed by atoms with E-state index in [0.29, 0.717) is 13.0 Å². The van der Waals surface area contributed by atoms with Gasteiger partial charge < -0.3 is 55.1 Å². The number of alkyl carbamates (subject to hydrolysis) is 1. The second-order valence-corrected chi connectivity index (χ2v) is 17.3. The number of rotatable bonds is 9. The third-order valence-corrected chi connectivity index (χ3v) is 8.16. The molecule has 4 bridgehead atoms. The second-order valence-electron chi connectivity index (χ2n) is 17.3. The monoisotopic (exact) mass is 856 g/mol. The average Bonchev–Trinajstić information content (AvgIpc) is 3.12. The minimum absolute atomic E-state index is 0.0142. The third kappa shape index (κ3) is 18.8. The molecule has 5 N–H and O–H groups in total. The lowest BCUT2D eigenvalue weighted by Gasteiger charge is -2.29. The maximum Gasteiger partial charge on any atom is 0.514 e. The van der Waals surface area contributed by atoms with Crippen molar-refractivity contribution in [2.75, 3.05) is 46.8 Å². The van der Waals surface area contributed by atoms with Gasteiger partial charge in [-0.15, -0.1) is 0 Å². The molecule has 0 saturated heterocycles. The third-order valence-electron chi connectivity index (χ3n) is 8.16. The van der Waals surface area contributed by atoms with Crippen LogP contribution in [-0.4, -0.2) is 120 Å². The van der Waals surface area contributed by atoms with Crippen molar-refractivity contribution in [3.63, 3.8) is 0 Å². The Morgan fingerprint density at radius 3 is 2.07 bits per heavy atom. The lowest BCUT2D eigenvalue weighted by Crippen LogP contribution is -2.48. The Labute approximate surface area is 358 Å². The van der Waals surface area contributed by atoms with Gasteiger partial charge in [-0.05, 0) is 111 Å². The van der Waals surface area contributed by atoms with Crippen LogP contribution in [-0.2, 0) is 39.8 Å². The number of hydrogen-bond acceptors (Lipinski definition) is 12. The predicted molar refractivity (Wildman–Crippen MR) is 227 cm³/mol. The van der Waals surface area contributed by atoms with E-state index in [1.807, 2.05) is 20.8 Å². The molecule has 1 heterocycles. The first-order valence-electron chi connectivity index (χ1n) is 20.0. The first-order valence-corrected chi connectivity index (χ1v) is 20.0. The largest absolute Gasteiger partial charge is 0.514 e. The molecule has 18 nitrogen and oxygen atoms in total. The van der Waals surface area contributed by atoms with Gasteiger partial charge in [0.1, 0.15) is 40.9 Å². The Morgan fingerprint density at radius 1 is 0.820 bits per heavy atom. The van der Waals surface area contributed by atoms with E-state index in [2.05, 4.69) is 28.2 Å². The number of amides is 6. The number of nitrogens with one attached hydrogen (secondary N) is 4. The second kappa shape index (κ2) is 22.5. The standard InChI is InChI=1S/C34H45N5O10.C9H19NO2/c1-33(2,3)48-31(45)38(7)19-27(42)36-18-28(43)39(8)29-21-10-12-25(47-32(46)49-34(4,5)6)23(16-21)22-15-20(9-11-24(22)40)13-14-35-26(41)17-37-30(29)44;1-5-6-7-10-8(11)12-9(2,3)4/h9-12,15-16,29,40H,13-14,17-19H2,1-8H3,(H,35,41)(H,36,42)(H,37,44);5-7H2,1-4H3,(H,10,11). The maximum atomic E-state index is 13.6. The topological polar surface area (TPSA) is 231 Å². The summed E-state index contributed by atoms with van der Waals surface area (Å²) in [5.74, 6) is -2.65. The fourth-order valence-electron chi connectivity index (χ4n) is 5.36. The molecule has 6 amide bonds. The van der Waals surface area contributed by atoms with Crippen molar-refractivity contribution in [3.05, 3.63) is 47.5 Å². The minimum Gasteiger partial charge on any atom is -0.507 e. The van der Waals surface area contributed by atoms with Gasteiger partial charge in [0.05, 0.1) is 13.1 Å². The molecule has 3 rings (SSSR count). The Bertz CT molecular complexity index is 1880. The van der Waals surface area contributed by atoms with Crippen molar-refractivity contribution >= 4 is 42.0 Å². The summed E-state index contributed by atoms with van der Waals surface area (Å²) in [6, 6.07) is 7.83. The van der Waals surface area contributed by atoms with Gasteiger partial charge in [-0.2, -0.15) is 0 Å². The van der Waals surface area contributed by atoms with Crippen LogP contribution in [0, 0.1) is 0 Å². The number of nitrogens with zero attached hydrogens (tertiary/aromatic N) is 2. The molecule has 0 saturated carbocycles. The highest BCUT2D eigenvalue weighted by Gasteiger charge is 2.31. The van der Waals surface area contributed by atoms with Crippen molar-refractivity contribution in [2.45, 2.75) is 111 Å². The number of ether oxygens (including phenoxy) is 4. The van der Waals surface area contributed by atoms with Gasteiger partial charge in [0.25, 0.3) is 0 Å². The molecule has 18 heteroatoms. The summed E-state index contributed by atoms with van der Waals surface area (Å²) in [5.41, 5.74) is -0.551. The van der Waals surface area contributed by atoms with Crippen LogP contribution in [0.4, 0.5) is 14.4 Å². The summed E-state index contributed by atoms with van der Waals surface area (Å²) < 4.78 is 21.1. The number of likely N-dealkylation sites (N-methyl/N-ethyl adjacent to an activating group) is 2. The number of unbranched alkanes of at least 4 members (excludes halogenated alkanes) is 1. The Kier molecular flexibility index (Phi) is 18.8. The molecule has 1 aliphatic heterocycles. The lowest BCUT2D eigenvalue weighted by atomic mass is 9.95.